The third kappa shape index (κ3) is 3.58. The van der Waals surface area contributed by atoms with Gasteiger partial charge in [0.05, 0.1) is 0 Å². The van der Waals surface area contributed by atoms with E-state index in [9.17, 15) is 9.59 Å². The van der Waals surface area contributed by atoms with Crippen LogP contribution in [-0.2, 0) is 9.59 Å². The molecule has 2 atom stereocenters. The molecule has 2 aliphatic heterocycles. The molecule has 3 fully saturated rings. The Labute approximate surface area is 127 Å². The quantitative estimate of drug-likeness (QED) is 0.733. The van der Waals surface area contributed by atoms with Gasteiger partial charge in [0.25, 0.3) is 0 Å². The SMILES string of the molecule is O=C(CC(=O)N1CCC2CCCCC2C1)N1CCCCC1. The zero-order chi connectivity index (χ0) is 14.7. The van der Waals surface area contributed by atoms with Gasteiger partial charge in [0.1, 0.15) is 6.42 Å². The summed E-state index contributed by atoms with van der Waals surface area (Å²) in [6.45, 7) is 3.46. The van der Waals surface area contributed by atoms with Crippen LogP contribution in [0.1, 0.15) is 57.8 Å². The molecule has 0 aromatic heterocycles. The van der Waals surface area contributed by atoms with E-state index in [0.29, 0.717) is 5.92 Å². The number of hydrogen-bond donors (Lipinski definition) is 0. The van der Waals surface area contributed by atoms with Crippen LogP contribution in [0.3, 0.4) is 0 Å². The molecule has 0 radical (unpaired) electrons. The predicted molar refractivity (Wildman–Crippen MR) is 81.7 cm³/mol. The van der Waals surface area contributed by atoms with Crippen LogP contribution in [0.15, 0.2) is 0 Å². The molecule has 21 heavy (non-hydrogen) atoms. The van der Waals surface area contributed by atoms with Crippen LogP contribution in [0.5, 0.6) is 0 Å². The summed E-state index contributed by atoms with van der Waals surface area (Å²) in [7, 11) is 0. The summed E-state index contributed by atoms with van der Waals surface area (Å²) in [5.41, 5.74) is 0. The van der Waals surface area contributed by atoms with Crippen molar-refractivity contribution in [3.8, 4) is 0 Å². The maximum absolute atomic E-state index is 12.4. The fourth-order valence-corrected chi connectivity index (χ4v) is 4.32. The van der Waals surface area contributed by atoms with Crippen molar-refractivity contribution in [3.05, 3.63) is 0 Å². The average molecular weight is 292 g/mol. The molecule has 2 unspecified atom stereocenters. The van der Waals surface area contributed by atoms with Gasteiger partial charge in [0, 0.05) is 26.2 Å². The van der Waals surface area contributed by atoms with Crippen LogP contribution in [0.25, 0.3) is 0 Å². The molecule has 2 amide bonds. The van der Waals surface area contributed by atoms with Crippen LogP contribution < -0.4 is 0 Å². The molecule has 3 rings (SSSR count). The lowest BCUT2D eigenvalue weighted by Crippen LogP contribution is -2.46. The van der Waals surface area contributed by atoms with Crippen molar-refractivity contribution < 1.29 is 9.59 Å². The van der Waals surface area contributed by atoms with Gasteiger partial charge in [-0.3, -0.25) is 9.59 Å². The molecular weight excluding hydrogens is 264 g/mol. The molecule has 0 spiro atoms. The second kappa shape index (κ2) is 6.80. The fraction of sp³-hybridized carbons (Fsp3) is 0.882. The van der Waals surface area contributed by atoms with Gasteiger partial charge in [-0.25, -0.2) is 0 Å². The van der Waals surface area contributed by atoms with Crippen molar-refractivity contribution in [1.82, 2.24) is 9.80 Å². The Morgan fingerprint density at radius 3 is 2.14 bits per heavy atom. The van der Waals surface area contributed by atoms with Gasteiger partial charge in [-0.1, -0.05) is 19.3 Å². The van der Waals surface area contributed by atoms with E-state index in [1.165, 1.54) is 32.1 Å². The summed E-state index contributed by atoms with van der Waals surface area (Å²) in [6.07, 6.45) is 9.94. The summed E-state index contributed by atoms with van der Waals surface area (Å²) in [5, 5.41) is 0. The van der Waals surface area contributed by atoms with E-state index in [-0.39, 0.29) is 18.2 Å². The van der Waals surface area contributed by atoms with Gasteiger partial charge in [-0.15, -0.1) is 0 Å². The van der Waals surface area contributed by atoms with E-state index in [0.717, 1.165) is 51.4 Å². The molecule has 3 aliphatic rings. The minimum atomic E-state index is 0.0467. The molecule has 0 aromatic rings. The van der Waals surface area contributed by atoms with Crippen molar-refractivity contribution in [3.63, 3.8) is 0 Å². The topological polar surface area (TPSA) is 40.6 Å². The second-order valence-electron chi connectivity index (χ2n) is 7.05. The third-order valence-corrected chi connectivity index (χ3v) is 5.66. The Bertz CT molecular complexity index is 390. The molecule has 1 aliphatic carbocycles. The predicted octanol–water partition coefficient (Wildman–Crippen LogP) is 2.43. The Balaban J connectivity index is 1.49. The lowest BCUT2D eigenvalue weighted by atomic mass is 9.75. The summed E-state index contributed by atoms with van der Waals surface area (Å²) in [4.78, 5) is 28.5. The highest BCUT2D eigenvalue weighted by Gasteiger charge is 2.33. The first-order chi connectivity index (χ1) is 10.2. The third-order valence-electron chi connectivity index (χ3n) is 5.66. The average Bonchev–Trinajstić information content (AvgIpc) is 2.55. The summed E-state index contributed by atoms with van der Waals surface area (Å²) < 4.78 is 0. The lowest BCUT2D eigenvalue weighted by molar-refractivity contribution is -0.142. The van der Waals surface area contributed by atoms with Crippen LogP contribution in [0.4, 0.5) is 0 Å². The molecule has 0 aromatic carbocycles. The Kier molecular flexibility index (Phi) is 4.81. The fourth-order valence-electron chi connectivity index (χ4n) is 4.32. The van der Waals surface area contributed by atoms with Gasteiger partial charge in [0.2, 0.25) is 11.8 Å². The first-order valence-electron chi connectivity index (χ1n) is 8.79. The van der Waals surface area contributed by atoms with Crippen molar-refractivity contribution in [2.24, 2.45) is 11.8 Å². The molecule has 2 saturated heterocycles. The number of hydrogen-bond acceptors (Lipinski definition) is 2. The van der Waals surface area contributed by atoms with Gasteiger partial charge in [-0.05, 0) is 43.9 Å². The van der Waals surface area contributed by atoms with Crippen molar-refractivity contribution in [2.45, 2.75) is 57.8 Å². The zero-order valence-corrected chi connectivity index (χ0v) is 13.1. The van der Waals surface area contributed by atoms with Crippen molar-refractivity contribution in [2.75, 3.05) is 26.2 Å². The van der Waals surface area contributed by atoms with Gasteiger partial charge in [0.15, 0.2) is 0 Å². The van der Waals surface area contributed by atoms with Crippen LogP contribution in [0.2, 0.25) is 0 Å². The molecule has 118 valence electrons. The van der Waals surface area contributed by atoms with E-state index in [2.05, 4.69) is 0 Å². The molecular formula is C17H28N2O2. The Morgan fingerprint density at radius 2 is 1.38 bits per heavy atom. The van der Waals surface area contributed by atoms with Crippen LogP contribution >= 0.6 is 0 Å². The standard InChI is InChI=1S/C17H28N2O2/c20-16(18-9-4-1-5-10-18)12-17(21)19-11-8-14-6-2-3-7-15(14)13-19/h14-15H,1-13H2. The summed E-state index contributed by atoms with van der Waals surface area (Å²) in [6, 6.07) is 0. The first kappa shape index (κ1) is 14.9. The number of nitrogens with zero attached hydrogens (tertiary/aromatic N) is 2. The number of carbonyl (C=O) groups excluding carboxylic acids is 2. The largest absolute Gasteiger partial charge is 0.342 e. The van der Waals surface area contributed by atoms with Crippen LogP contribution in [0, 0.1) is 11.8 Å². The summed E-state index contributed by atoms with van der Waals surface area (Å²) in [5.74, 6) is 1.64. The Morgan fingerprint density at radius 1 is 0.714 bits per heavy atom. The smallest absolute Gasteiger partial charge is 0.232 e. The molecule has 4 heteroatoms. The maximum atomic E-state index is 12.4. The number of rotatable bonds is 2. The zero-order valence-electron chi connectivity index (χ0n) is 13.1. The highest BCUT2D eigenvalue weighted by molar-refractivity contribution is 5.97. The Hall–Kier alpha value is -1.06. The van der Waals surface area contributed by atoms with Gasteiger partial charge >= 0.3 is 0 Å². The minimum Gasteiger partial charge on any atom is -0.342 e. The first-order valence-corrected chi connectivity index (χ1v) is 8.79. The monoisotopic (exact) mass is 292 g/mol. The molecule has 4 nitrogen and oxygen atoms in total. The lowest BCUT2D eigenvalue weighted by Gasteiger charge is -2.41. The second-order valence-corrected chi connectivity index (χ2v) is 7.05. The number of likely N-dealkylation sites (tertiary alicyclic amines) is 2. The van der Waals surface area contributed by atoms with E-state index in [4.69, 9.17) is 0 Å². The van der Waals surface area contributed by atoms with Crippen molar-refractivity contribution >= 4 is 11.8 Å². The van der Waals surface area contributed by atoms with E-state index >= 15 is 0 Å². The number of carbonyl (C=O) groups is 2. The highest BCUT2D eigenvalue weighted by atomic mass is 16.2. The number of fused-ring (bicyclic) bond motifs is 1. The van der Waals surface area contributed by atoms with Gasteiger partial charge < -0.3 is 9.80 Å². The molecule has 2 heterocycles. The molecule has 0 N–H and O–H groups in total. The summed E-state index contributed by atoms with van der Waals surface area (Å²) >= 11 is 0. The minimum absolute atomic E-state index is 0.0467. The molecule has 0 bridgehead atoms. The van der Waals surface area contributed by atoms with E-state index in [1.54, 1.807) is 0 Å². The van der Waals surface area contributed by atoms with E-state index < -0.39 is 0 Å². The van der Waals surface area contributed by atoms with Gasteiger partial charge in [-0.2, -0.15) is 0 Å². The van der Waals surface area contributed by atoms with Crippen molar-refractivity contribution in [1.29, 1.82) is 0 Å². The normalized spacial score (nSPS) is 29.9. The highest BCUT2D eigenvalue weighted by Crippen LogP contribution is 2.36. The van der Waals surface area contributed by atoms with E-state index in [1.807, 2.05) is 9.80 Å². The maximum Gasteiger partial charge on any atom is 0.232 e. The number of piperidine rings is 2. The van der Waals surface area contributed by atoms with Crippen LogP contribution in [-0.4, -0.2) is 47.8 Å². The molecule has 1 saturated carbocycles. The number of amides is 2.